The molecule has 0 aliphatic heterocycles. The molecular formula is C13H15BrClN3S. The maximum absolute atomic E-state index is 6.14. The summed E-state index contributed by atoms with van der Waals surface area (Å²) in [5, 5.41) is 7.12. The van der Waals surface area contributed by atoms with Gasteiger partial charge in [0.1, 0.15) is 5.82 Å². The Hall–Kier alpha value is -0.650. The van der Waals surface area contributed by atoms with Crippen LogP contribution < -0.4 is 5.32 Å². The van der Waals surface area contributed by atoms with Crippen LogP contribution in [-0.2, 0) is 0 Å². The van der Waals surface area contributed by atoms with Gasteiger partial charge in [0.2, 0.25) is 0 Å². The van der Waals surface area contributed by atoms with Crippen LogP contribution in [0.15, 0.2) is 22.1 Å². The molecule has 0 amide bonds. The minimum Gasteiger partial charge on any atom is -0.361 e. The molecule has 0 radical (unpaired) electrons. The molecule has 1 N–H and O–H groups in total. The van der Waals surface area contributed by atoms with E-state index >= 15 is 0 Å². The number of nitrogens with one attached hydrogen (secondary N) is 1. The van der Waals surface area contributed by atoms with Crippen molar-refractivity contribution in [2.75, 3.05) is 5.32 Å². The van der Waals surface area contributed by atoms with Crippen LogP contribution >= 0.6 is 38.9 Å². The first-order valence-electron chi connectivity index (χ1n) is 6.00. The van der Waals surface area contributed by atoms with Gasteiger partial charge in [-0.3, -0.25) is 0 Å². The fourth-order valence-electron chi connectivity index (χ4n) is 1.56. The van der Waals surface area contributed by atoms with E-state index in [1.165, 1.54) is 0 Å². The maximum Gasteiger partial charge on any atom is 0.145 e. The SMILES string of the molecule is CC(C)c1nc(C(C)Nc2ncc(Br)cc2Cl)cs1. The van der Waals surface area contributed by atoms with Gasteiger partial charge in [0.25, 0.3) is 0 Å². The monoisotopic (exact) mass is 359 g/mol. The molecule has 0 aliphatic rings. The highest BCUT2D eigenvalue weighted by atomic mass is 79.9. The molecule has 2 aromatic rings. The fraction of sp³-hybridized carbons (Fsp3) is 0.385. The number of hydrogen-bond acceptors (Lipinski definition) is 4. The third kappa shape index (κ3) is 3.68. The van der Waals surface area contributed by atoms with Crippen molar-refractivity contribution < 1.29 is 0 Å². The number of pyridine rings is 1. The molecule has 2 aromatic heterocycles. The summed E-state index contributed by atoms with van der Waals surface area (Å²) in [6, 6.07) is 1.90. The van der Waals surface area contributed by atoms with Gasteiger partial charge in [-0.15, -0.1) is 11.3 Å². The predicted molar refractivity (Wildman–Crippen MR) is 85.2 cm³/mol. The fourth-order valence-corrected chi connectivity index (χ4v) is 3.18. The average molecular weight is 361 g/mol. The molecule has 102 valence electrons. The molecule has 0 aromatic carbocycles. The Labute approximate surface area is 130 Å². The van der Waals surface area contributed by atoms with E-state index < -0.39 is 0 Å². The van der Waals surface area contributed by atoms with E-state index in [0.717, 1.165) is 15.2 Å². The van der Waals surface area contributed by atoms with E-state index in [0.29, 0.717) is 16.8 Å². The van der Waals surface area contributed by atoms with Crippen molar-refractivity contribution in [2.24, 2.45) is 0 Å². The summed E-state index contributed by atoms with van der Waals surface area (Å²) in [6.45, 7) is 6.35. The standard InChI is InChI=1S/C13H15BrClN3S/c1-7(2)13-18-11(6-19-13)8(3)17-12-10(15)4-9(14)5-16-12/h4-8H,1-3H3,(H,16,17). The summed E-state index contributed by atoms with van der Waals surface area (Å²) >= 11 is 11.2. The summed E-state index contributed by atoms with van der Waals surface area (Å²) in [6.07, 6.45) is 1.72. The summed E-state index contributed by atoms with van der Waals surface area (Å²) in [7, 11) is 0. The topological polar surface area (TPSA) is 37.8 Å². The van der Waals surface area contributed by atoms with Crippen LogP contribution in [-0.4, -0.2) is 9.97 Å². The quantitative estimate of drug-likeness (QED) is 0.809. The molecule has 0 saturated heterocycles. The smallest absolute Gasteiger partial charge is 0.145 e. The van der Waals surface area contributed by atoms with Gasteiger partial charge < -0.3 is 5.32 Å². The van der Waals surface area contributed by atoms with Gasteiger partial charge in [0.15, 0.2) is 0 Å². The van der Waals surface area contributed by atoms with Crippen LogP contribution in [0.25, 0.3) is 0 Å². The Morgan fingerprint density at radius 2 is 2.11 bits per heavy atom. The number of rotatable bonds is 4. The van der Waals surface area contributed by atoms with E-state index in [1.807, 2.05) is 6.07 Å². The van der Waals surface area contributed by atoms with Crippen LogP contribution in [0.5, 0.6) is 0 Å². The molecule has 1 atom stereocenters. The molecule has 3 nitrogen and oxygen atoms in total. The van der Waals surface area contributed by atoms with Crippen molar-refractivity contribution >= 4 is 44.7 Å². The van der Waals surface area contributed by atoms with Gasteiger partial charge in [-0.05, 0) is 28.9 Å². The van der Waals surface area contributed by atoms with E-state index in [-0.39, 0.29) is 6.04 Å². The van der Waals surface area contributed by atoms with E-state index in [1.54, 1.807) is 17.5 Å². The van der Waals surface area contributed by atoms with Crippen LogP contribution in [0, 0.1) is 0 Å². The molecule has 0 fully saturated rings. The zero-order valence-corrected chi connectivity index (χ0v) is 14.1. The summed E-state index contributed by atoms with van der Waals surface area (Å²) in [5.74, 6) is 1.14. The Balaban J connectivity index is 2.13. The van der Waals surface area contributed by atoms with E-state index in [9.17, 15) is 0 Å². The molecule has 0 spiro atoms. The second-order valence-corrected chi connectivity index (χ2v) is 6.83. The highest BCUT2D eigenvalue weighted by Gasteiger charge is 2.13. The minimum absolute atomic E-state index is 0.0786. The molecule has 19 heavy (non-hydrogen) atoms. The summed E-state index contributed by atoms with van der Waals surface area (Å²) in [5.41, 5.74) is 1.02. The van der Waals surface area contributed by atoms with Gasteiger partial charge in [-0.2, -0.15) is 0 Å². The van der Waals surface area contributed by atoms with E-state index in [2.05, 4.69) is 57.4 Å². The zero-order chi connectivity index (χ0) is 14.0. The number of halogens is 2. The summed E-state index contributed by atoms with van der Waals surface area (Å²) < 4.78 is 0.867. The Morgan fingerprint density at radius 3 is 2.68 bits per heavy atom. The van der Waals surface area contributed by atoms with Crippen molar-refractivity contribution in [3.8, 4) is 0 Å². The predicted octanol–water partition coefficient (Wildman–Crippen LogP) is 5.25. The van der Waals surface area contributed by atoms with Gasteiger partial charge >= 0.3 is 0 Å². The zero-order valence-electron chi connectivity index (χ0n) is 10.9. The van der Waals surface area contributed by atoms with Crippen LogP contribution in [0.2, 0.25) is 5.02 Å². The third-order valence-corrected chi connectivity index (χ3v) is 4.52. The first-order valence-corrected chi connectivity index (χ1v) is 8.05. The lowest BCUT2D eigenvalue weighted by atomic mass is 10.2. The maximum atomic E-state index is 6.14. The van der Waals surface area contributed by atoms with Crippen molar-refractivity contribution in [3.05, 3.63) is 37.8 Å². The molecule has 2 rings (SSSR count). The van der Waals surface area contributed by atoms with Crippen molar-refractivity contribution in [3.63, 3.8) is 0 Å². The molecule has 6 heteroatoms. The highest BCUT2D eigenvalue weighted by molar-refractivity contribution is 9.10. The van der Waals surface area contributed by atoms with E-state index in [4.69, 9.17) is 11.6 Å². The Kier molecular flexibility index (Phi) is 4.81. The van der Waals surface area contributed by atoms with Crippen LogP contribution in [0.3, 0.4) is 0 Å². The first kappa shape index (κ1) is 14.8. The lowest BCUT2D eigenvalue weighted by molar-refractivity contribution is 0.798. The van der Waals surface area contributed by atoms with Gasteiger partial charge in [-0.25, -0.2) is 9.97 Å². The summed E-state index contributed by atoms with van der Waals surface area (Å²) in [4.78, 5) is 8.90. The second-order valence-electron chi connectivity index (χ2n) is 4.62. The highest BCUT2D eigenvalue weighted by Crippen LogP contribution is 2.28. The normalized spacial score (nSPS) is 12.7. The number of anilines is 1. The molecule has 0 bridgehead atoms. The Bertz CT molecular complexity index is 571. The van der Waals surface area contributed by atoms with Gasteiger partial charge in [0, 0.05) is 22.0 Å². The first-order chi connectivity index (χ1) is 8.97. The van der Waals surface area contributed by atoms with Crippen molar-refractivity contribution in [1.82, 2.24) is 9.97 Å². The number of thiazole rings is 1. The lowest BCUT2D eigenvalue weighted by Gasteiger charge is -2.13. The minimum atomic E-state index is 0.0786. The molecular weight excluding hydrogens is 346 g/mol. The van der Waals surface area contributed by atoms with Gasteiger partial charge in [0.05, 0.1) is 21.8 Å². The van der Waals surface area contributed by atoms with Crippen molar-refractivity contribution in [2.45, 2.75) is 32.7 Å². The molecule has 1 unspecified atom stereocenters. The van der Waals surface area contributed by atoms with Gasteiger partial charge in [-0.1, -0.05) is 25.4 Å². The lowest BCUT2D eigenvalue weighted by Crippen LogP contribution is -2.09. The third-order valence-electron chi connectivity index (χ3n) is 2.64. The number of hydrogen-bond donors (Lipinski definition) is 1. The molecule has 0 aliphatic carbocycles. The largest absolute Gasteiger partial charge is 0.361 e. The van der Waals surface area contributed by atoms with Crippen LogP contribution in [0.1, 0.15) is 43.4 Å². The number of nitrogens with zero attached hydrogens (tertiary/aromatic N) is 2. The van der Waals surface area contributed by atoms with Crippen LogP contribution in [0.4, 0.5) is 5.82 Å². The molecule has 2 heterocycles. The number of aromatic nitrogens is 2. The second kappa shape index (κ2) is 6.20. The van der Waals surface area contributed by atoms with Crippen molar-refractivity contribution in [1.29, 1.82) is 0 Å². The molecule has 0 saturated carbocycles. The Morgan fingerprint density at radius 1 is 1.37 bits per heavy atom. The average Bonchev–Trinajstić information content (AvgIpc) is 2.82.